The Kier molecular flexibility index (Phi) is 5.10. The Morgan fingerprint density at radius 1 is 1.00 bits per heavy atom. The van der Waals surface area contributed by atoms with Crippen molar-refractivity contribution in [3.63, 3.8) is 0 Å². The lowest BCUT2D eigenvalue weighted by Crippen LogP contribution is -2.14. The summed E-state index contributed by atoms with van der Waals surface area (Å²) in [5.74, 6) is -0.728. The molecule has 0 heterocycles. The molecule has 3 heteroatoms. The maximum Gasteiger partial charge on any atom is 0.346 e. The summed E-state index contributed by atoms with van der Waals surface area (Å²) in [6, 6.07) is 14.2. The Morgan fingerprint density at radius 2 is 1.68 bits per heavy atom. The number of rotatable bonds is 4. The van der Waals surface area contributed by atoms with Crippen molar-refractivity contribution in [1.29, 1.82) is 0 Å². The Bertz CT molecular complexity index is 672. The third kappa shape index (κ3) is 4.04. The first-order valence-electron chi connectivity index (χ1n) is 7.38. The van der Waals surface area contributed by atoms with Gasteiger partial charge in [-0.3, -0.25) is 0 Å². The molecule has 0 N–H and O–H groups in total. The van der Waals surface area contributed by atoms with Gasteiger partial charge in [0.2, 0.25) is 0 Å². The molecular formula is C19H20O3. The van der Waals surface area contributed by atoms with Crippen LogP contribution in [0.15, 0.2) is 48.5 Å². The Balaban J connectivity index is 2.17. The molecule has 0 spiro atoms. The minimum atomic E-state index is -0.626. The van der Waals surface area contributed by atoms with Gasteiger partial charge in [-0.1, -0.05) is 44.2 Å². The van der Waals surface area contributed by atoms with Crippen molar-refractivity contribution in [2.45, 2.75) is 27.2 Å². The maximum atomic E-state index is 12.2. The zero-order valence-electron chi connectivity index (χ0n) is 13.1. The highest BCUT2D eigenvalue weighted by Crippen LogP contribution is 2.16. The molecule has 0 unspecified atom stereocenters. The molecule has 114 valence electrons. The molecule has 0 aromatic heterocycles. The lowest BCUT2D eigenvalue weighted by molar-refractivity contribution is 0.0397. The van der Waals surface area contributed by atoms with Gasteiger partial charge in [-0.05, 0) is 48.6 Å². The number of aryl methyl sites for hydroxylation is 1. The second-order valence-corrected chi connectivity index (χ2v) is 5.79. The van der Waals surface area contributed by atoms with Gasteiger partial charge in [0.05, 0.1) is 11.1 Å². The summed E-state index contributed by atoms with van der Waals surface area (Å²) < 4.78 is 4.99. The third-order valence-corrected chi connectivity index (χ3v) is 3.36. The smallest absolute Gasteiger partial charge is 0.346 e. The summed E-state index contributed by atoms with van der Waals surface area (Å²) in [7, 11) is 0. The number of benzene rings is 2. The summed E-state index contributed by atoms with van der Waals surface area (Å²) in [4.78, 5) is 24.2. The number of hydrogen-bond acceptors (Lipinski definition) is 3. The van der Waals surface area contributed by atoms with E-state index in [-0.39, 0.29) is 0 Å². The van der Waals surface area contributed by atoms with Gasteiger partial charge in [0.15, 0.2) is 0 Å². The van der Waals surface area contributed by atoms with E-state index in [1.807, 2.05) is 25.1 Å². The highest BCUT2D eigenvalue weighted by molar-refractivity contribution is 6.03. The predicted octanol–water partition coefficient (Wildman–Crippen LogP) is 4.19. The zero-order chi connectivity index (χ0) is 16.1. The SMILES string of the molecule is Cc1ccc(CC(C)C)cc1C(=O)OC(=O)c1ccccc1. The fourth-order valence-corrected chi connectivity index (χ4v) is 2.26. The zero-order valence-corrected chi connectivity index (χ0v) is 13.1. The molecule has 0 saturated heterocycles. The van der Waals surface area contributed by atoms with Crippen molar-refractivity contribution in [3.05, 3.63) is 70.8 Å². The molecule has 2 aromatic rings. The van der Waals surface area contributed by atoms with Crippen LogP contribution < -0.4 is 0 Å². The molecule has 2 rings (SSSR count). The molecule has 0 atom stereocenters. The van der Waals surface area contributed by atoms with Crippen LogP contribution in [0.4, 0.5) is 0 Å². The van der Waals surface area contributed by atoms with Gasteiger partial charge in [0.1, 0.15) is 0 Å². The first-order chi connectivity index (χ1) is 10.5. The number of hydrogen-bond donors (Lipinski definition) is 0. The average molecular weight is 296 g/mol. The summed E-state index contributed by atoms with van der Waals surface area (Å²) >= 11 is 0. The molecular weight excluding hydrogens is 276 g/mol. The number of carbonyl (C=O) groups is 2. The quantitative estimate of drug-likeness (QED) is 0.627. The molecule has 0 aliphatic heterocycles. The van der Waals surface area contributed by atoms with E-state index in [4.69, 9.17) is 4.74 Å². The first-order valence-corrected chi connectivity index (χ1v) is 7.38. The summed E-state index contributed by atoms with van der Waals surface area (Å²) in [6.45, 7) is 6.08. The highest BCUT2D eigenvalue weighted by Gasteiger charge is 2.17. The van der Waals surface area contributed by atoms with Gasteiger partial charge in [0, 0.05) is 0 Å². The summed E-state index contributed by atoms with van der Waals surface area (Å²) in [5, 5.41) is 0. The highest BCUT2D eigenvalue weighted by atomic mass is 16.6. The van der Waals surface area contributed by atoms with E-state index >= 15 is 0 Å². The van der Waals surface area contributed by atoms with Gasteiger partial charge in [0.25, 0.3) is 0 Å². The lowest BCUT2D eigenvalue weighted by Gasteiger charge is -2.10. The molecule has 0 aliphatic carbocycles. The van der Waals surface area contributed by atoms with E-state index in [0.29, 0.717) is 17.0 Å². The van der Waals surface area contributed by atoms with Gasteiger partial charge in [-0.15, -0.1) is 0 Å². The molecule has 0 amide bonds. The van der Waals surface area contributed by atoms with Crippen LogP contribution in [-0.4, -0.2) is 11.9 Å². The van der Waals surface area contributed by atoms with E-state index in [0.717, 1.165) is 17.5 Å². The molecule has 2 aromatic carbocycles. The largest absolute Gasteiger partial charge is 0.386 e. The van der Waals surface area contributed by atoms with Gasteiger partial charge in [-0.25, -0.2) is 9.59 Å². The molecule has 22 heavy (non-hydrogen) atoms. The van der Waals surface area contributed by atoms with Crippen molar-refractivity contribution >= 4 is 11.9 Å². The normalized spacial score (nSPS) is 10.5. The number of carbonyl (C=O) groups excluding carboxylic acids is 2. The second kappa shape index (κ2) is 7.03. The monoisotopic (exact) mass is 296 g/mol. The van der Waals surface area contributed by atoms with Crippen molar-refractivity contribution in [3.8, 4) is 0 Å². The van der Waals surface area contributed by atoms with Gasteiger partial charge in [-0.2, -0.15) is 0 Å². The van der Waals surface area contributed by atoms with Crippen LogP contribution in [0.5, 0.6) is 0 Å². The van der Waals surface area contributed by atoms with E-state index in [1.54, 1.807) is 30.3 Å². The van der Waals surface area contributed by atoms with Crippen LogP contribution in [-0.2, 0) is 11.2 Å². The number of esters is 2. The Hall–Kier alpha value is -2.42. The van der Waals surface area contributed by atoms with Gasteiger partial charge < -0.3 is 4.74 Å². The van der Waals surface area contributed by atoms with E-state index in [2.05, 4.69) is 13.8 Å². The number of ether oxygens (including phenoxy) is 1. The maximum absolute atomic E-state index is 12.2. The fourth-order valence-electron chi connectivity index (χ4n) is 2.26. The van der Waals surface area contributed by atoms with Crippen molar-refractivity contribution in [2.24, 2.45) is 5.92 Å². The average Bonchev–Trinajstić information content (AvgIpc) is 2.49. The lowest BCUT2D eigenvalue weighted by atomic mass is 9.98. The second-order valence-electron chi connectivity index (χ2n) is 5.79. The molecule has 0 bridgehead atoms. The summed E-state index contributed by atoms with van der Waals surface area (Å²) in [6.07, 6.45) is 0.882. The topological polar surface area (TPSA) is 43.4 Å². The standard InChI is InChI=1S/C19H20O3/c1-13(2)11-15-10-9-14(3)17(12-15)19(21)22-18(20)16-7-5-4-6-8-16/h4-10,12-13H,11H2,1-3H3. The molecule has 0 fully saturated rings. The van der Waals surface area contributed by atoms with E-state index in [9.17, 15) is 9.59 Å². The van der Waals surface area contributed by atoms with Crippen molar-refractivity contribution < 1.29 is 14.3 Å². The molecule has 0 radical (unpaired) electrons. The predicted molar refractivity (Wildman–Crippen MR) is 85.9 cm³/mol. The first kappa shape index (κ1) is 16.0. The molecule has 0 saturated carbocycles. The van der Waals surface area contributed by atoms with Crippen LogP contribution in [0.25, 0.3) is 0 Å². The minimum Gasteiger partial charge on any atom is -0.386 e. The van der Waals surface area contributed by atoms with Crippen LogP contribution in [0.1, 0.15) is 45.7 Å². The Labute approximate surface area is 130 Å². The fraction of sp³-hybridized carbons (Fsp3) is 0.263. The van der Waals surface area contributed by atoms with Gasteiger partial charge >= 0.3 is 11.9 Å². The van der Waals surface area contributed by atoms with E-state index in [1.165, 1.54) is 0 Å². The minimum absolute atomic E-state index is 0.367. The van der Waals surface area contributed by atoms with Crippen LogP contribution in [0.2, 0.25) is 0 Å². The third-order valence-electron chi connectivity index (χ3n) is 3.36. The van der Waals surface area contributed by atoms with Crippen LogP contribution >= 0.6 is 0 Å². The van der Waals surface area contributed by atoms with E-state index < -0.39 is 11.9 Å². The molecule has 0 aliphatic rings. The van der Waals surface area contributed by atoms with Crippen molar-refractivity contribution in [2.75, 3.05) is 0 Å². The van der Waals surface area contributed by atoms with Crippen LogP contribution in [0, 0.1) is 12.8 Å². The van der Waals surface area contributed by atoms with Crippen LogP contribution in [0.3, 0.4) is 0 Å². The Morgan fingerprint density at radius 3 is 2.32 bits per heavy atom. The summed E-state index contributed by atoms with van der Waals surface area (Å²) in [5.41, 5.74) is 2.69. The molecule has 3 nitrogen and oxygen atoms in total. The van der Waals surface area contributed by atoms with Crippen molar-refractivity contribution in [1.82, 2.24) is 0 Å².